The van der Waals surface area contributed by atoms with Crippen molar-refractivity contribution in [1.29, 1.82) is 0 Å². The van der Waals surface area contributed by atoms with Gasteiger partial charge in [0.15, 0.2) is 0 Å². The van der Waals surface area contributed by atoms with Gasteiger partial charge in [-0.15, -0.1) is 0 Å². The molecule has 0 radical (unpaired) electrons. The molecule has 1 amide bonds. The standard InChI is InChI=1S/C20H20FN3O2/c1-14-11-24(13-22-14)18-9-6-16(10-19(18)26-3)20(25)23(2)12-15-4-7-17(21)8-5-15/h4-11,13H,12H2,1-3H3. The van der Waals surface area contributed by atoms with Crippen molar-refractivity contribution in [3.63, 3.8) is 0 Å². The maximum atomic E-state index is 13.0. The predicted molar refractivity (Wildman–Crippen MR) is 97.1 cm³/mol. The molecule has 0 saturated carbocycles. The van der Waals surface area contributed by atoms with Gasteiger partial charge < -0.3 is 14.2 Å². The molecule has 0 unspecified atom stereocenters. The highest BCUT2D eigenvalue weighted by molar-refractivity contribution is 5.94. The van der Waals surface area contributed by atoms with Crippen molar-refractivity contribution >= 4 is 5.91 Å². The van der Waals surface area contributed by atoms with E-state index in [4.69, 9.17) is 4.74 Å². The van der Waals surface area contributed by atoms with Crippen LogP contribution in [0.1, 0.15) is 21.6 Å². The summed E-state index contributed by atoms with van der Waals surface area (Å²) in [6.07, 6.45) is 3.59. The van der Waals surface area contributed by atoms with Crippen LogP contribution in [0.25, 0.3) is 5.69 Å². The number of nitrogens with zero attached hydrogens (tertiary/aromatic N) is 3. The average molecular weight is 353 g/mol. The van der Waals surface area contributed by atoms with E-state index in [0.717, 1.165) is 16.9 Å². The number of hydrogen-bond acceptors (Lipinski definition) is 3. The lowest BCUT2D eigenvalue weighted by molar-refractivity contribution is 0.0784. The van der Waals surface area contributed by atoms with Gasteiger partial charge in [0.2, 0.25) is 0 Å². The summed E-state index contributed by atoms with van der Waals surface area (Å²) in [6, 6.07) is 11.4. The van der Waals surface area contributed by atoms with Crippen molar-refractivity contribution in [1.82, 2.24) is 14.5 Å². The summed E-state index contributed by atoms with van der Waals surface area (Å²) < 4.78 is 20.3. The van der Waals surface area contributed by atoms with Crippen molar-refractivity contribution in [3.8, 4) is 11.4 Å². The lowest BCUT2D eigenvalue weighted by atomic mass is 10.1. The van der Waals surface area contributed by atoms with E-state index >= 15 is 0 Å². The number of rotatable bonds is 5. The molecule has 1 aromatic heterocycles. The SMILES string of the molecule is COc1cc(C(=O)N(C)Cc2ccc(F)cc2)ccc1-n1cnc(C)c1. The van der Waals surface area contributed by atoms with Crippen molar-refractivity contribution in [3.05, 3.63) is 77.6 Å². The zero-order chi connectivity index (χ0) is 18.7. The third kappa shape index (κ3) is 3.74. The lowest BCUT2D eigenvalue weighted by Gasteiger charge is -2.18. The molecular weight excluding hydrogens is 333 g/mol. The number of carbonyl (C=O) groups is 1. The number of imidazole rings is 1. The van der Waals surface area contributed by atoms with Crippen molar-refractivity contribution in [2.45, 2.75) is 13.5 Å². The first-order chi connectivity index (χ1) is 12.5. The van der Waals surface area contributed by atoms with E-state index in [-0.39, 0.29) is 11.7 Å². The first-order valence-corrected chi connectivity index (χ1v) is 8.17. The number of amides is 1. The Morgan fingerprint density at radius 2 is 1.96 bits per heavy atom. The second-order valence-corrected chi connectivity index (χ2v) is 6.10. The molecule has 1 heterocycles. The van der Waals surface area contributed by atoms with Crippen LogP contribution in [0.4, 0.5) is 4.39 Å². The summed E-state index contributed by atoms with van der Waals surface area (Å²) in [6.45, 7) is 2.30. The van der Waals surface area contributed by atoms with Crippen LogP contribution < -0.4 is 4.74 Å². The lowest BCUT2D eigenvalue weighted by Crippen LogP contribution is -2.26. The van der Waals surface area contributed by atoms with Gasteiger partial charge in [-0.1, -0.05) is 12.1 Å². The number of benzene rings is 2. The van der Waals surface area contributed by atoms with Crippen LogP contribution in [0.15, 0.2) is 55.0 Å². The normalized spacial score (nSPS) is 10.6. The molecule has 5 nitrogen and oxygen atoms in total. The van der Waals surface area contributed by atoms with Gasteiger partial charge in [0.1, 0.15) is 11.6 Å². The van der Waals surface area contributed by atoms with Gasteiger partial charge >= 0.3 is 0 Å². The Kier molecular flexibility index (Phi) is 5.02. The van der Waals surface area contributed by atoms with Crippen LogP contribution in [-0.4, -0.2) is 34.5 Å². The third-order valence-electron chi connectivity index (χ3n) is 4.10. The van der Waals surface area contributed by atoms with Crippen molar-refractivity contribution < 1.29 is 13.9 Å². The van der Waals surface area contributed by atoms with Gasteiger partial charge in [-0.3, -0.25) is 4.79 Å². The molecule has 0 bridgehead atoms. The topological polar surface area (TPSA) is 47.4 Å². The van der Waals surface area contributed by atoms with Crippen LogP contribution in [0, 0.1) is 12.7 Å². The van der Waals surface area contributed by atoms with E-state index in [9.17, 15) is 9.18 Å². The molecule has 0 aliphatic carbocycles. The molecule has 3 aromatic rings. The van der Waals surface area contributed by atoms with Gasteiger partial charge in [-0.25, -0.2) is 9.37 Å². The highest BCUT2D eigenvalue weighted by Gasteiger charge is 2.15. The molecule has 0 fully saturated rings. The highest BCUT2D eigenvalue weighted by atomic mass is 19.1. The zero-order valence-electron chi connectivity index (χ0n) is 14.9. The first-order valence-electron chi connectivity index (χ1n) is 8.17. The van der Waals surface area contributed by atoms with Gasteiger partial charge in [0, 0.05) is 25.4 Å². The molecule has 0 aliphatic heterocycles. The Balaban J connectivity index is 1.81. The zero-order valence-corrected chi connectivity index (χ0v) is 14.9. The number of hydrogen-bond donors (Lipinski definition) is 0. The van der Waals surface area contributed by atoms with Crippen molar-refractivity contribution in [2.75, 3.05) is 14.2 Å². The molecule has 0 saturated heterocycles. The van der Waals surface area contributed by atoms with E-state index in [1.165, 1.54) is 12.1 Å². The summed E-state index contributed by atoms with van der Waals surface area (Å²) in [7, 11) is 3.28. The fraction of sp³-hybridized carbons (Fsp3) is 0.200. The van der Waals surface area contributed by atoms with E-state index in [0.29, 0.717) is 17.9 Å². The summed E-state index contributed by atoms with van der Waals surface area (Å²) in [5, 5.41) is 0. The summed E-state index contributed by atoms with van der Waals surface area (Å²) in [4.78, 5) is 18.5. The summed E-state index contributed by atoms with van der Waals surface area (Å²) >= 11 is 0. The van der Waals surface area contributed by atoms with Crippen LogP contribution in [0.5, 0.6) is 5.75 Å². The Labute approximate surface area is 151 Å². The summed E-state index contributed by atoms with van der Waals surface area (Å²) in [5.74, 6) is 0.155. The molecule has 3 rings (SSSR count). The van der Waals surface area contributed by atoms with Crippen LogP contribution in [0.2, 0.25) is 0 Å². The van der Waals surface area contributed by atoms with Crippen molar-refractivity contribution in [2.24, 2.45) is 0 Å². The molecule has 0 atom stereocenters. The number of aromatic nitrogens is 2. The fourth-order valence-corrected chi connectivity index (χ4v) is 2.73. The Morgan fingerprint density at radius 1 is 1.23 bits per heavy atom. The molecule has 26 heavy (non-hydrogen) atoms. The van der Waals surface area contributed by atoms with E-state index in [2.05, 4.69) is 4.98 Å². The van der Waals surface area contributed by atoms with E-state index in [1.54, 1.807) is 49.7 Å². The minimum absolute atomic E-state index is 0.138. The Morgan fingerprint density at radius 3 is 2.58 bits per heavy atom. The molecule has 6 heteroatoms. The molecule has 0 spiro atoms. The molecule has 2 aromatic carbocycles. The maximum absolute atomic E-state index is 13.0. The quantitative estimate of drug-likeness (QED) is 0.704. The minimum atomic E-state index is -0.294. The molecular formula is C20H20FN3O2. The largest absolute Gasteiger partial charge is 0.495 e. The average Bonchev–Trinajstić information content (AvgIpc) is 3.08. The summed E-state index contributed by atoms with van der Waals surface area (Å²) in [5.41, 5.74) is 3.09. The molecule has 134 valence electrons. The van der Waals surface area contributed by atoms with E-state index in [1.807, 2.05) is 23.8 Å². The fourth-order valence-electron chi connectivity index (χ4n) is 2.73. The number of ether oxygens (including phenoxy) is 1. The second kappa shape index (κ2) is 7.39. The van der Waals surface area contributed by atoms with Gasteiger partial charge in [-0.05, 0) is 42.8 Å². The Bertz CT molecular complexity index is 919. The highest BCUT2D eigenvalue weighted by Crippen LogP contribution is 2.25. The maximum Gasteiger partial charge on any atom is 0.254 e. The Hall–Kier alpha value is -3.15. The first kappa shape index (κ1) is 17.7. The van der Waals surface area contributed by atoms with Crippen LogP contribution in [0.3, 0.4) is 0 Å². The second-order valence-electron chi connectivity index (χ2n) is 6.10. The van der Waals surface area contributed by atoms with Gasteiger partial charge in [-0.2, -0.15) is 0 Å². The van der Waals surface area contributed by atoms with Gasteiger partial charge in [0.25, 0.3) is 5.91 Å². The monoisotopic (exact) mass is 353 g/mol. The minimum Gasteiger partial charge on any atom is -0.495 e. The number of methoxy groups -OCH3 is 1. The molecule has 0 N–H and O–H groups in total. The number of carbonyl (C=O) groups excluding carboxylic acids is 1. The predicted octanol–water partition coefficient (Wildman–Crippen LogP) is 3.60. The van der Waals surface area contributed by atoms with Gasteiger partial charge in [0.05, 0.1) is 24.8 Å². The number of halogens is 1. The third-order valence-corrected chi connectivity index (χ3v) is 4.10. The van der Waals surface area contributed by atoms with E-state index < -0.39 is 0 Å². The van der Waals surface area contributed by atoms with Crippen LogP contribution >= 0.6 is 0 Å². The van der Waals surface area contributed by atoms with Crippen LogP contribution in [-0.2, 0) is 6.54 Å². The number of aryl methyl sites for hydroxylation is 1. The smallest absolute Gasteiger partial charge is 0.254 e. The molecule has 0 aliphatic rings.